The molecule has 1 aromatic carbocycles. The van der Waals surface area contributed by atoms with Crippen molar-refractivity contribution in [3.63, 3.8) is 0 Å². The summed E-state index contributed by atoms with van der Waals surface area (Å²) in [7, 11) is 0. The number of hydrogen-bond donors (Lipinski definition) is 3. The Bertz CT molecular complexity index is 1450. The van der Waals surface area contributed by atoms with E-state index in [4.69, 9.17) is 9.51 Å². The van der Waals surface area contributed by atoms with E-state index in [0.29, 0.717) is 46.9 Å². The van der Waals surface area contributed by atoms with Crippen LogP contribution in [-0.2, 0) is 16.8 Å². The van der Waals surface area contributed by atoms with Crippen molar-refractivity contribution in [2.45, 2.75) is 51.5 Å². The fraction of sp³-hybridized carbons (Fsp3) is 0.360. The minimum Gasteiger partial charge on any atom is -0.356 e. The van der Waals surface area contributed by atoms with Gasteiger partial charge in [0.15, 0.2) is 11.5 Å². The number of halogens is 1. The zero-order valence-electron chi connectivity index (χ0n) is 20.2. The molecule has 186 valence electrons. The first-order valence-corrected chi connectivity index (χ1v) is 11.7. The quantitative estimate of drug-likeness (QED) is 0.389. The summed E-state index contributed by atoms with van der Waals surface area (Å²) < 4.78 is 20.0. The van der Waals surface area contributed by atoms with Crippen molar-refractivity contribution in [3.8, 4) is 11.1 Å². The van der Waals surface area contributed by atoms with Gasteiger partial charge in [-0.2, -0.15) is 4.98 Å². The molecule has 11 heteroatoms. The molecule has 2 amide bonds. The zero-order valence-corrected chi connectivity index (χ0v) is 20.2. The largest absolute Gasteiger partial charge is 0.356 e. The number of nitrogens with zero attached hydrogens (tertiary/aromatic N) is 4. The highest BCUT2D eigenvalue weighted by molar-refractivity contribution is 5.90. The summed E-state index contributed by atoms with van der Waals surface area (Å²) in [5.74, 6) is -0.104. The lowest BCUT2D eigenvalue weighted by molar-refractivity contribution is -0.122. The van der Waals surface area contributed by atoms with E-state index >= 15 is 0 Å². The number of fused-ring (bicyclic) bond motifs is 1. The van der Waals surface area contributed by atoms with E-state index in [1.807, 2.05) is 20.8 Å². The van der Waals surface area contributed by atoms with E-state index in [1.165, 1.54) is 6.07 Å². The van der Waals surface area contributed by atoms with Crippen LogP contribution >= 0.6 is 0 Å². The Morgan fingerprint density at radius 1 is 1.25 bits per heavy atom. The second kappa shape index (κ2) is 9.14. The highest BCUT2D eigenvalue weighted by atomic mass is 19.1. The van der Waals surface area contributed by atoms with Gasteiger partial charge in [0.1, 0.15) is 17.2 Å². The first-order chi connectivity index (χ1) is 17.2. The van der Waals surface area contributed by atoms with E-state index < -0.39 is 11.7 Å². The van der Waals surface area contributed by atoms with Gasteiger partial charge in [0.25, 0.3) is 0 Å². The second-order valence-electron chi connectivity index (χ2n) is 9.88. The summed E-state index contributed by atoms with van der Waals surface area (Å²) in [6.45, 7) is 6.29. The highest BCUT2D eigenvalue weighted by Gasteiger charge is 2.25. The maximum absolute atomic E-state index is 15.0. The van der Waals surface area contributed by atoms with Gasteiger partial charge >= 0.3 is 11.8 Å². The molecule has 1 aliphatic heterocycles. The molecule has 3 N–H and O–H groups in total. The number of H-pyrrole nitrogens is 1. The van der Waals surface area contributed by atoms with E-state index in [-0.39, 0.29) is 29.7 Å². The molecule has 4 aromatic rings. The smallest absolute Gasteiger partial charge is 0.315 e. The maximum atomic E-state index is 15.0. The molecule has 4 heterocycles. The lowest BCUT2D eigenvalue weighted by atomic mass is 9.96. The summed E-state index contributed by atoms with van der Waals surface area (Å²) >= 11 is 0. The third-order valence-electron chi connectivity index (χ3n) is 6.13. The van der Waals surface area contributed by atoms with E-state index in [9.17, 15) is 14.0 Å². The first-order valence-electron chi connectivity index (χ1n) is 11.7. The number of piperidine rings is 1. The molecule has 1 saturated heterocycles. The van der Waals surface area contributed by atoms with Gasteiger partial charge < -0.3 is 20.1 Å². The number of carbonyl (C=O) groups excluding carboxylic acids is 2. The standard InChI is InChI=1S/C25H26FN7O3/c1-25(2,3)24-32-23(36-33-24)22(35)29-12-15-5-4-13(10-17(15)26)16-7-9-28-21-19(16)30-20(31-21)14-6-8-27-18(34)11-14/h4-5,7,9-10,14H,6,8,11-12H2,1-3H3,(H,27,34)(H,29,35)(H,28,30,31). The molecule has 5 rings (SSSR count). The van der Waals surface area contributed by atoms with Crippen LogP contribution in [0.4, 0.5) is 4.39 Å². The van der Waals surface area contributed by atoms with Crippen molar-refractivity contribution in [1.29, 1.82) is 0 Å². The fourth-order valence-electron chi connectivity index (χ4n) is 4.10. The van der Waals surface area contributed by atoms with E-state index in [1.54, 1.807) is 24.4 Å². The number of amides is 2. The van der Waals surface area contributed by atoms with Crippen LogP contribution in [0.1, 0.15) is 67.4 Å². The normalized spacial score (nSPS) is 16.2. The molecule has 0 radical (unpaired) electrons. The monoisotopic (exact) mass is 491 g/mol. The van der Waals surface area contributed by atoms with Gasteiger partial charge in [0, 0.05) is 48.2 Å². The Kier molecular flexibility index (Phi) is 5.99. The van der Waals surface area contributed by atoms with Gasteiger partial charge in [0.2, 0.25) is 5.91 Å². The van der Waals surface area contributed by atoms with Gasteiger partial charge in [-0.1, -0.05) is 38.1 Å². The van der Waals surface area contributed by atoms with Crippen molar-refractivity contribution < 1.29 is 18.5 Å². The number of benzene rings is 1. The molecule has 0 spiro atoms. The Balaban J connectivity index is 1.33. The number of rotatable bonds is 5. The molecule has 36 heavy (non-hydrogen) atoms. The molecular formula is C25H26FN7O3. The summed E-state index contributed by atoms with van der Waals surface area (Å²) in [6.07, 6.45) is 2.79. The fourth-order valence-corrected chi connectivity index (χ4v) is 4.10. The average Bonchev–Trinajstić information content (AvgIpc) is 3.51. The number of carbonyl (C=O) groups is 2. The van der Waals surface area contributed by atoms with Gasteiger partial charge in [-0.15, -0.1) is 0 Å². The predicted molar refractivity (Wildman–Crippen MR) is 128 cm³/mol. The molecular weight excluding hydrogens is 465 g/mol. The van der Waals surface area contributed by atoms with E-state index in [0.717, 1.165) is 12.0 Å². The van der Waals surface area contributed by atoms with Gasteiger partial charge in [-0.25, -0.2) is 14.4 Å². The molecule has 0 aliphatic carbocycles. The Hall–Kier alpha value is -4.15. The van der Waals surface area contributed by atoms with Crippen LogP contribution < -0.4 is 10.6 Å². The number of aromatic nitrogens is 5. The minimum atomic E-state index is -0.572. The van der Waals surface area contributed by atoms with Crippen molar-refractivity contribution in [1.82, 2.24) is 35.7 Å². The van der Waals surface area contributed by atoms with Crippen LogP contribution in [-0.4, -0.2) is 43.5 Å². The third kappa shape index (κ3) is 4.68. The molecule has 0 bridgehead atoms. The Morgan fingerprint density at radius 3 is 2.81 bits per heavy atom. The van der Waals surface area contributed by atoms with Crippen LogP contribution in [0, 0.1) is 5.82 Å². The maximum Gasteiger partial charge on any atom is 0.315 e. The lowest BCUT2D eigenvalue weighted by Gasteiger charge is -2.19. The van der Waals surface area contributed by atoms with Crippen molar-refractivity contribution in [2.24, 2.45) is 0 Å². The topological polar surface area (TPSA) is 139 Å². The van der Waals surface area contributed by atoms with Crippen LogP contribution in [0.5, 0.6) is 0 Å². The Morgan fingerprint density at radius 2 is 2.08 bits per heavy atom. The Labute approximate surface area is 206 Å². The molecule has 3 aromatic heterocycles. The zero-order chi connectivity index (χ0) is 25.4. The third-order valence-corrected chi connectivity index (χ3v) is 6.13. The first kappa shape index (κ1) is 23.6. The van der Waals surface area contributed by atoms with E-state index in [2.05, 4.69) is 30.7 Å². The van der Waals surface area contributed by atoms with Gasteiger partial charge in [0.05, 0.1) is 0 Å². The second-order valence-corrected chi connectivity index (χ2v) is 9.88. The highest BCUT2D eigenvalue weighted by Crippen LogP contribution is 2.31. The SMILES string of the molecule is CC(C)(C)c1noc(C(=O)NCc2ccc(-c3ccnc4[nH]c(C5CCNC(=O)C5)nc34)cc2F)n1. The van der Waals surface area contributed by atoms with Crippen LogP contribution in [0.25, 0.3) is 22.3 Å². The molecule has 1 fully saturated rings. The van der Waals surface area contributed by atoms with Crippen molar-refractivity contribution in [2.75, 3.05) is 6.54 Å². The number of nitrogens with one attached hydrogen (secondary N) is 3. The van der Waals surface area contributed by atoms with Crippen LogP contribution in [0.2, 0.25) is 0 Å². The summed E-state index contributed by atoms with van der Waals surface area (Å²) in [4.78, 5) is 40.6. The molecule has 10 nitrogen and oxygen atoms in total. The van der Waals surface area contributed by atoms with Gasteiger partial charge in [-0.05, 0) is 24.1 Å². The number of pyridine rings is 1. The molecule has 1 atom stereocenters. The van der Waals surface area contributed by atoms with Crippen LogP contribution in [0.3, 0.4) is 0 Å². The molecule has 1 aliphatic rings. The summed E-state index contributed by atoms with van der Waals surface area (Å²) in [6, 6.07) is 6.57. The molecule has 0 saturated carbocycles. The van der Waals surface area contributed by atoms with Crippen molar-refractivity contribution >= 4 is 23.0 Å². The predicted octanol–water partition coefficient (Wildman–Crippen LogP) is 3.37. The number of hydrogen-bond acceptors (Lipinski definition) is 7. The summed E-state index contributed by atoms with van der Waals surface area (Å²) in [5.41, 5.74) is 2.50. The van der Waals surface area contributed by atoms with Crippen LogP contribution in [0.15, 0.2) is 35.0 Å². The van der Waals surface area contributed by atoms with Crippen molar-refractivity contribution in [3.05, 3.63) is 59.4 Å². The molecule has 1 unspecified atom stereocenters. The van der Waals surface area contributed by atoms with Gasteiger partial charge in [-0.3, -0.25) is 9.59 Å². The number of aromatic amines is 1. The summed E-state index contributed by atoms with van der Waals surface area (Å²) in [5, 5.41) is 9.27. The lowest BCUT2D eigenvalue weighted by Crippen LogP contribution is -2.32. The number of imidazole rings is 1. The minimum absolute atomic E-state index is 0.00151. The average molecular weight is 492 g/mol.